The summed E-state index contributed by atoms with van der Waals surface area (Å²) >= 11 is 0. The molecule has 0 aliphatic heterocycles. The Balaban J connectivity index is 2.60. The minimum Gasteiger partial charge on any atom is -0.315 e. The molecule has 1 saturated carbocycles. The van der Waals surface area contributed by atoms with Gasteiger partial charge in [0.1, 0.15) is 0 Å². The second-order valence-electron chi connectivity index (χ2n) is 3.89. The van der Waals surface area contributed by atoms with Gasteiger partial charge in [-0.2, -0.15) is 0 Å². The summed E-state index contributed by atoms with van der Waals surface area (Å²) in [5, 5.41) is -0.186. The Morgan fingerprint density at radius 1 is 1.27 bits per heavy atom. The normalized spacial score (nSPS) is 20.3. The molecular formula is C6H14O3SSi. The quantitative estimate of drug-likeness (QED) is 0.637. The largest absolute Gasteiger partial charge is 0.315 e. The molecule has 0 unspecified atom stereocenters. The summed E-state index contributed by atoms with van der Waals surface area (Å²) in [6.07, 6.45) is 1.57. The van der Waals surface area contributed by atoms with Gasteiger partial charge >= 0.3 is 0 Å². The first-order chi connectivity index (χ1) is 4.81. The highest BCUT2D eigenvalue weighted by Crippen LogP contribution is 2.31. The third kappa shape index (κ3) is 2.92. The van der Waals surface area contributed by atoms with Gasteiger partial charge in [0.15, 0.2) is 0 Å². The molecule has 66 valence electrons. The number of rotatable bonds is 3. The third-order valence-corrected chi connectivity index (χ3v) is 5.52. The molecule has 0 aromatic heterocycles. The summed E-state index contributed by atoms with van der Waals surface area (Å²) < 4.78 is 27.5. The summed E-state index contributed by atoms with van der Waals surface area (Å²) in [6, 6.07) is 0. The van der Waals surface area contributed by atoms with E-state index in [9.17, 15) is 8.42 Å². The van der Waals surface area contributed by atoms with E-state index in [-0.39, 0.29) is 5.25 Å². The molecule has 0 spiro atoms. The molecule has 1 aliphatic rings. The van der Waals surface area contributed by atoms with Crippen LogP contribution in [0, 0.1) is 0 Å². The molecule has 0 aromatic rings. The Morgan fingerprint density at radius 2 is 1.73 bits per heavy atom. The molecule has 11 heavy (non-hydrogen) atoms. The monoisotopic (exact) mass is 194 g/mol. The van der Waals surface area contributed by atoms with Crippen LogP contribution in [0.15, 0.2) is 0 Å². The lowest BCUT2D eigenvalue weighted by Gasteiger charge is -2.15. The molecule has 1 rings (SSSR count). The van der Waals surface area contributed by atoms with Crippen molar-refractivity contribution in [3.63, 3.8) is 0 Å². The highest BCUT2D eigenvalue weighted by atomic mass is 32.2. The van der Waals surface area contributed by atoms with E-state index in [4.69, 9.17) is 3.87 Å². The fourth-order valence-corrected chi connectivity index (χ4v) is 4.82. The third-order valence-electron chi connectivity index (χ3n) is 1.30. The van der Waals surface area contributed by atoms with Gasteiger partial charge in [-0.15, -0.1) is 0 Å². The van der Waals surface area contributed by atoms with Crippen LogP contribution in [0.5, 0.6) is 0 Å². The molecule has 3 nitrogen and oxygen atoms in total. The first-order valence-corrected chi connectivity index (χ1v) is 8.64. The molecular weight excluding hydrogens is 180 g/mol. The van der Waals surface area contributed by atoms with Crippen LogP contribution < -0.4 is 0 Å². The van der Waals surface area contributed by atoms with Crippen molar-refractivity contribution in [2.75, 3.05) is 0 Å². The van der Waals surface area contributed by atoms with Crippen molar-refractivity contribution in [2.45, 2.75) is 37.7 Å². The zero-order chi connectivity index (χ0) is 8.70. The first kappa shape index (κ1) is 9.22. The van der Waals surface area contributed by atoms with Gasteiger partial charge < -0.3 is 3.87 Å². The van der Waals surface area contributed by atoms with Crippen LogP contribution in [0.3, 0.4) is 0 Å². The van der Waals surface area contributed by atoms with Crippen molar-refractivity contribution in [1.82, 2.24) is 0 Å². The summed E-state index contributed by atoms with van der Waals surface area (Å²) in [7, 11) is -5.09. The Kier molecular flexibility index (Phi) is 2.15. The summed E-state index contributed by atoms with van der Waals surface area (Å²) in [4.78, 5) is 0. The van der Waals surface area contributed by atoms with Crippen LogP contribution in [0.1, 0.15) is 12.8 Å². The summed E-state index contributed by atoms with van der Waals surface area (Å²) in [5.41, 5.74) is 0. The molecule has 0 bridgehead atoms. The topological polar surface area (TPSA) is 43.4 Å². The maximum Gasteiger partial charge on any atom is 0.260 e. The van der Waals surface area contributed by atoms with Gasteiger partial charge in [0.2, 0.25) is 8.32 Å². The van der Waals surface area contributed by atoms with Crippen LogP contribution in [0.2, 0.25) is 19.6 Å². The fraction of sp³-hybridized carbons (Fsp3) is 1.00. The second kappa shape index (κ2) is 2.57. The fourth-order valence-electron chi connectivity index (χ4n) is 0.773. The smallest absolute Gasteiger partial charge is 0.260 e. The number of hydrogen-bond donors (Lipinski definition) is 0. The van der Waals surface area contributed by atoms with Crippen LogP contribution in [-0.2, 0) is 14.0 Å². The molecule has 0 N–H and O–H groups in total. The molecule has 0 heterocycles. The Labute approximate surface area is 69.0 Å². The van der Waals surface area contributed by atoms with Crippen molar-refractivity contribution in [3.05, 3.63) is 0 Å². The Hall–Kier alpha value is 0.127. The molecule has 0 radical (unpaired) electrons. The Morgan fingerprint density at radius 3 is 2.00 bits per heavy atom. The van der Waals surface area contributed by atoms with Gasteiger partial charge in [0, 0.05) is 0 Å². The lowest BCUT2D eigenvalue weighted by atomic mass is 11.0. The van der Waals surface area contributed by atoms with Gasteiger partial charge in [0.05, 0.1) is 5.25 Å². The van der Waals surface area contributed by atoms with E-state index in [1.807, 2.05) is 19.6 Å². The summed E-state index contributed by atoms with van der Waals surface area (Å²) in [6.45, 7) is 5.65. The minimum absolute atomic E-state index is 0.186. The molecule has 1 aliphatic carbocycles. The molecule has 0 saturated heterocycles. The van der Waals surface area contributed by atoms with Crippen LogP contribution in [0.4, 0.5) is 0 Å². The average molecular weight is 194 g/mol. The zero-order valence-electron chi connectivity index (χ0n) is 7.12. The van der Waals surface area contributed by atoms with Crippen molar-refractivity contribution in [1.29, 1.82) is 0 Å². The van der Waals surface area contributed by atoms with Gasteiger partial charge in [-0.3, -0.25) is 0 Å². The van der Waals surface area contributed by atoms with Crippen molar-refractivity contribution < 1.29 is 12.3 Å². The Bertz CT molecular complexity index is 235. The van der Waals surface area contributed by atoms with E-state index in [1.54, 1.807) is 0 Å². The van der Waals surface area contributed by atoms with E-state index >= 15 is 0 Å². The zero-order valence-corrected chi connectivity index (χ0v) is 8.94. The second-order valence-corrected chi connectivity index (χ2v) is 10.4. The molecule has 5 heteroatoms. The number of hydrogen-bond acceptors (Lipinski definition) is 3. The lowest BCUT2D eigenvalue weighted by Crippen LogP contribution is -2.30. The highest BCUT2D eigenvalue weighted by Gasteiger charge is 2.39. The van der Waals surface area contributed by atoms with E-state index in [0.717, 1.165) is 12.8 Å². The minimum atomic E-state index is -3.18. The summed E-state index contributed by atoms with van der Waals surface area (Å²) in [5.74, 6) is 0. The van der Waals surface area contributed by atoms with Gasteiger partial charge in [0.25, 0.3) is 10.1 Å². The van der Waals surface area contributed by atoms with Crippen molar-refractivity contribution in [2.24, 2.45) is 0 Å². The standard InChI is InChI=1S/C6H14O3SSi/c1-11(2,3)9-10(7,8)6-4-5-6/h6H,4-5H2,1-3H3. The van der Waals surface area contributed by atoms with E-state index < -0.39 is 18.4 Å². The van der Waals surface area contributed by atoms with Crippen molar-refractivity contribution in [3.8, 4) is 0 Å². The predicted molar refractivity (Wildman–Crippen MR) is 46.4 cm³/mol. The van der Waals surface area contributed by atoms with E-state index in [0.29, 0.717) is 0 Å². The SMILES string of the molecule is C[Si](C)(C)OS(=O)(=O)C1CC1. The van der Waals surface area contributed by atoms with Gasteiger partial charge in [-0.05, 0) is 32.5 Å². The first-order valence-electron chi connectivity index (χ1n) is 3.76. The van der Waals surface area contributed by atoms with E-state index in [1.165, 1.54) is 0 Å². The highest BCUT2D eigenvalue weighted by molar-refractivity contribution is 7.88. The lowest BCUT2D eigenvalue weighted by molar-refractivity contribution is 0.484. The van der Waals surface area contributed by atoms with E-state index in [2.05, 4.69) is 0 Å². The predicted octanol–water partition coefficient (Wildman–Crippen LogP) is 1.33. The molecule has 0 aromatic carbocycles. The molecule has 1 fully saturated rings. The van der Waals surface area contributed by atoms with Crippen LogP contribution in [0.25, 0.3) is 0 Å². The van der Waals surface area contributed by atoms with Gasteiger partial charge in [-0.25, -0.2) is 8.42 Å². The van der Waals surface area contributed by atoms with Gasteiger partial charge in [-0.1, -0.05) is 0 Å². The average Bonchev–Trinajstić information content (AvgIpc) is 2.30. The molecule has 0 amide bonds. The van der Waals surface area contributed by atoms with Crippen LogP contribution in [-0.4, -0.2) is 22.0 Å². The maximum absolute atomic E-state index is 11.2. The van der Waals surface area contributed by atoms with Crippen LogP contribution >= 0.6 is 0 Å². The van der Waals surface area contributed by atoms with Crippen molar-refractivity contribution >= 4 is 18.4 Å². The molecule has 0 atom stereocenters. The maximum atomic E-state index is 11.2.